The number of ether oxygens (including phenoxy) is 1. The van der Waals surface area contributed by atoms with Crippen LogP contribution in [-0.4, -0.2) is 48.0 Å². The lowest BCUT2D eigenvalue weighted by molar-refractivity contribution is -0.140. The standard InChI is InChI=1S/C21H30N2O2/c1-2-25-19-8-4-17(5-9-19)14-22-13-3-11-21(15-22)12-10-20(24)23(16-21)18-6-7-18/h4-5,8-9,18H,2-3,6-7,10-16H2,1H3/t21-/m0/s1. The molecule has 136 valence electrons. The average molecular weight is 342 g/mol. The number of carbonyl (C=O) groups excluding carboxylic acids is 1. The minimum absolute atomic E-state index is 0.333. The van der Waals surface area contributed by atoms with E-state index in [0.29, 0.717) is 24.0 Å². The number of likely N-dealkylation sites (tertiary alicyclic amines) is 2. The number of hydrogen-bond donors (Lipinski definition) is 0. The van der Waals surface area contributed by atoms with E-state index in [1.807, 2.05) is 6.92 Å². The lowest BCUT2D eigenvalue weighted by Crippen LogP contribution is -2.54. The third-order valence-corrected chi connectivity index (χ3v) is 6.06. The molecule has 0 bridgehead atoms. The van der Waals surface area contributed by atoms with Crippen LogP contribution in [0.1, 0.15) is 51.0 Å². The number of nitrogens with zero attached hydrogens (tertiary/aromatic N) is 2. The highest BCUT2D eigenvalue weighted by Gasteiger charge is 2.45. The molecule has 1 aromatic rings. The van der Waals surface area contributed by atoms with Gasteiger partial charge in [0.05, 0.1) is 6.61 Å². The topological polar surface area (TPSA) is 32.8 Å². The van der Waals surface area contributed by atoms with Crippen LogP contribution in [-0.2, 0) is 11.3 Å². The Morgan fingerprint density at radius 1 is 1.16 bits per heavy atom. The Morgan fingerprint density at radius 2 is 1.96 bits per heavy atom. The van der Waals surface area contributed by atoms with Crippen LogP contribution in [0.25, 0.3) is 0 Å². The van der Waals surface area contributed by atoms with Crippen LogP contribution in [0, 0.1) is 5.41 Å². The molecule has 3 fully saturated rings. The molecule has 1 aromatic carbocycles. The van der Waals surface area contributed by atoms with Gasteiger partial charge in [-0.2, -0.15) is 0 Å². The van der Waals surface area contributed by atoms with Crippen LogP contribution in [0.15, 0.2) is 24.3 Å². The molecule has 4 nitrogen and oxygen atoms in total. The predicted octanol–water partition coefficient (Wildman–Crippen LogP) is 3.45. The summed E-state index contributed by atoms with van der Waals surface area (Å²) in [6.45, 7) is 7.04. The number of rotatable bonds is 5. The summed E-state index contributed by atoms with van der Waals surface area (Å²) in [6, 6.07) is 9.09. The van der Waals surface area contributed by atoms with Crippen molar-refractivity contribution in [2.24, 2.45) is 5.41 Å². The SMILES string of the molecule is CCOc1ccc(CN2CCC[C@]3(CCC(=O)N(C4CC4)C3)C2)cc1. The fourth-order valence-electron chi connectivity index (χ4n) is 4.66. The second-order valence-electron chi connectivity index (χ2n) is 8.14. The molecule has 4 heteroatoms. The van der Waals surface area contributed by atoms with E-state index in [4.69, 9.17) is 4.74 Å². The second-order valence-corrected chi connectivity index (χ2v) is 8.14. The zero-order valence-electron chi connectivity index (χ0n) is 15.4. The zero-order valence-corrected chi connectivity index (χ0v) is 15.4. The van der Waals surface area contributed by atoms with Gasteiger partial charge >= 0.3 is 0 Å². The largest absolute Gasteiger partial charge is 0.494 e. The maximum atomic E-state index is 12.3. The maximum Gasteiger partial charge on any atom is 0.222 e. The first-order valence-electron chi connectivity index (χ1n) is 9.91. The van der Waals surface area contributed by atoms with E-state index in [0.717, 1.165) is 38.2 Å². The monoisotopic (exact) mass is 342 g/mol. The van der Waals surface area contributed by atoms with Crippen molar-refractivity contribution in [1.29, 1.82) is 0 Å². The molecule has 0 N–H and O–H groups in total. The lowest BCUT2D eigenvalue weighted by atomic mass is 9.73. The summed E-state index contributed by atoms with van der Waals surface area (Å²) in [5.41, 5.74) is 1.69. The molecule has 0 aromatic heterocycles. The molecule has 2 aliphatic heterocycles. The second kappa shape index (κ2) is 6.99. The number of carbonyl (C=O) groups is 1. The van der Waals surface area contributed by atoms with Crippen LogP contribution in [0.5, 0.6) is 5.75 Å². The first-order valence-corrected chi connectivity index (χ1v) is 9.91. The lowest BCUT2D eigenvalue weighted by Gasteiger charge is -2.48. The highest BCUT2D eigenvalue weighted by atomic mass is 16.5. The molecule has 1 saturated carbocycles. The minimum atomic E-state index is 0.333. The Bertz CT molecular complexity index is 611. The van der Waals surface area contributed by atoms with Crippen molar-refractivity contribution in [2.75, 3.05) is 26.2 Å². The van der Waals surface area contributed by atoms with E-state index in [2.05, 4.69) is 34.1 Å². The van der Waals surface area contributed by atoms with Crippen LogP contribution < -0.4 is 4.74 Å². The minimum Gasteiger partial charge on any atom is -0.494 e. The Kier molecular flexibility index (Phi) is 4.72. The van der Waals surface area contributed by atoms with Gasteiger partial charge in [-0.15, -0.1) is 0 Å². The van der Waals surface area contributed by atoms with Crippen LogP contribution in [0.3, 0.4) is 0 Å². The Balaban J connectivity index is 1.39. The number of benzene rings is 1. The van der Waals surface area contributed by atoms with E-state index in [-0.39, 0.29) is 0 Å². The van der Waals surface area contributed by atoms with Crippen molar-refractivity contribution in [2.45, 2.75) is 58.0 Å². The number of amides is 1. The van der Waals surface area contributed by atoms with Crippen molar-refractivity contribution in [3.05, 3.63) is 29.8 Å². The van der Waals surface area contributed by atoms with E-state index in [1.54, 1.807) is 0 Å². The predicted molar refractivity (Wildman–Crippen MR) is 98.5 cm³/mol. The summed E-state index contributed by atoms with van der Waals surface area (Å²) < 4.78 is 5.54. The van der Waals surface area contributed by atoms with Crippen molar-refractivity contribution in [1.82, 2.24) is 9.80 Å². The Hall–Kier alpha value is -1.55. The van der Waals surface area contributed by atoms with Gasteiger partial charge < -0.3 is 9.64 Å². The van der Waals surface area contributed by atoms with Gasteiger partial charge in [-0.3, -0.25) is 9.69 Å². The van der Waals surface area contributed by atoms with E-state index < -0.39 is 0 Å². The van der Waals surface area contributed by atoms with Crippen LogP contribution in [0.4, 0.5) is 0 Å². The molecule has 1 amide bonds. The summed E-state index contributed by atoms with van der Waals surface area (Å²) in [5, 5.41) is 0. The van der Waals surface area contributed by atoms with Crippen LogP contribution in [0.2, 0.25) is 0 Å². The molecule has 4 rings (SSSR count). The fraction of sp³-hybridized carbons (Fsp3) is 0.667. The quantitative estimate of drug-likeness (QED) is 0.822. The van der Waals surface area contributed by atoms with Gasteiger partial charge in [0, 0.05) is 37.5 Å². The summed E-state index contributed by atoms with van der Waals surface area (Å²) >= 11 is 0. The summed E-state index contributed by atoms with van der Waals surface area (Å²) in [5.74, 6) is 1.35. The normalized spacial score (nSPS) is 27.7. The van der Waals surface area contributed by atoms with Crippen molar-refractivity contribution < 1.29 is 9.53 Å². The number of piperidine rings is 2. The van der Waals surface area contributed by atoms with E-state index in [1.165, 1.54) is 37.8 Å². The van der Waals surface area contributed by atoms with Crippen molar-refractivity contribution in [3.63, 3.8) is 0 Å². The highest BCUT2D eigenvalue weighted by molar-refractivity contribution is 5.78. The van der Waals surface area contributed by atoms with Gasteiger partial charge in [-0.05, 0) is 63.3 Å². The number of hydrogen-bond acceptors (Lipinski definition) is 3. The third-order valence-electron chi connectivity index (χ3n) is 6.06. The molecule has 1 spiro atoms. The molecular weight excluding hydrogens is 312 g/mol. The van der Waals surface area contributed by atoms with Crippen molar-refractivity contribution >= 4 is 5.91 Å². The van der Waals surface area contributed by atoms with Gasteiger partial charge in [0.25, 0.3) is 0 Å². The maximum absolute atomic E-state index is 12.3. The van der Waals surface area contributed by atoms with Gasteiger partial charge in [0.1, 0.15) is 5.75 Å². The molecule has 0 unspecified atom stereocenters. The molecule has 3 aliphatic rings. The van der Waals surface area contributed by atoms with Crippen LogP contribution >= 0.6 is 0 Å². The molecule has 0 radical (unpaired) electrons. The van der Waals surface area contributed by atoms with Gasteiger partial charge in [-0.25, -0.2) is 0 Å². The van der Waals surface area contributed by atoms with Gasteiger partial charge in [0.15, 0.2) is 0 Å². The average Bonchev–Trinajstić information content (AvgIpc) is 3.45. The fourth-order valence-corrected chi connectivity index (χ4v) is 4.66. The molecule has 1 atom stereocenters. The first kappa shape index (κ1) is 16.9. The summed E-state index contributed by atoms with van der Waals surface area (Å²) in [7, 11) is 0. The summed E-state index contributed by atoms with van der Waals surface area (Å²) in [6.07, 6.45) is 6.81. The third kappa shape index (κ3) is 3.84. The first-order chi connectivity index (χ1) is 12.2. The Morgan fingerprint density at radius 3 is 2.68 bits per heavy atom. The molecule has 1 aliphatic carbocycles. The van der Waals surface area contributed by atoms with E-state index >= 15 is 0 Å². The van der Waals surface area contributed by atoms with Gasteiger partial charge in [-0.1, -0.05) is 12.1 Å². The molecule has 2 heterocycles. The smallest absolute Gasteiger partial charge is 0.222 e. The van der Waals surface area contributed by atoms with E-state index in [9.17, 15) is 4.79 Å². The molecule has 2 saturated heterocycles. The highest BCUT2D eigenvalue weighted by Crippen LogP contribution is 2.42. The zero-order chi connectivity index (χ0) is 17.3. The molecule has 25 heavy (non-hydrogen) atoms. The van der Waals surface area contributed by atoms with Crippen molar-refractivity contribution in [3.8, 4) is 5.75 Å². The Labute approximate surface area is 151 Å². The van der Waals surface area contributed by atoms with Gasteiger partial charge in [0.2, 0.25) is 5.91 Å². The molecular formula is C21H30N2O2. The summed E-state index contributed by atoms with van der Waals surface area (Å²) in [4.78, 5) is 17.1.